The largest absolute Gasteiger partial charge is 0.454 e. The maximum atomic E-state index is 12.9. The Hall–Kier alpha value is -4.18. The van der Waals surface area contributed by atoms with E-state index in [0.29, 0.717) is 35.0 Å². The van der Waals surface area contributed by atoms with Crippen molar-refractivity contribution in [1.82, 2.24) is 4.90 Å². The first-order valence-electron chi connectivity index (χ1n) is 10.7. The molecule has 0 saturated carbocycles. The van der Waals surface area contributed by atoms with E-state index in [1.807, 2.05) is 0 Å². The molecular formula is C25H23F2N3O5. The lowest BCUT2D eigenvalue weighted by Gasteiger charge is -2.18. The molecule has 8 nitrogen and oxygen atoms in total. The van der Waals surface area contributed by atoms with Crippen LogP contribution < -0.4 is 24.8 Å². The summed E-state index contributed by atoms with van der Waals surface area (Å²) in [5, 5.41) is 5.56. The van der Waals surface area contributed by atoms with E-state index in [4.69, 9.17) is 9.47 Å². The Kier molecular flexibility index (Phi) is 7.41. The normalized spacial score (nSPS) is 12.0. The number of amides is 2. The Bertz CT molecular complexity index is 1220. The van der Waals surface area contributed by atoms with Crippen molar-refractivity contribution in [3.05, 3.63) is 77.9 Å². The fraction of sp³-hybridized carbons (Fsp3) is 0.200. The number of carbonyl (C=O) groups excluding carboxylic acids is 2. The summed E-state index contributed by atoms with van der Waals surface area (Å²) in [4.78, 5) is 27.2. The molecule has 1 aliphatic rings. The Labute approximate surface area is 200 Å². The average Bonchev–Trinajstić information content (AvgIpc) is 3.27. The smallest absolute Gasteiger partial charge is 0.387 e. The van der Waals surface area contributed by atoms with E-state index < -0.39 is 12.5 Å². The molecule has 3 aromatic rings. The number of nitrogens with one attached hydrogen (secondary N) is 2. The van der Waals surface area contributed by atoms with Gasteiger partial charge in [0.1, 0.15) is 5.75 Å². The van der Waals surface area contributed by atoms with Crippen molar-refractivity contribution < 1.29 is 32.6 Å². The minimum atomic E-state index is -2.91. The Morgan fingerprint density at radius 3 is 2.63 bits per heavy atom. The van der Waals surface area contributed by atoms with Gasteiger partial charge in [-0.15, -0.1) is 0 Å². The van der Waals surface area contributed by atoms with Crippen molar-refractivity contribution in [3.63, 3.8) is 0 Å². The van der Waals surface area contributed by atoms with E-state index in [-0.39, 0.29) is 30.6 Å². The summed E-state index contributed by atoms with van der Waals surface area (Å²) in [7, 11) is 1.72. The van der Waals surface area contributed by atoms with Crippen LogP contribution in [-0.4, -0.2) is 43.7 Å². The van der Waals surface area contributed by atoms with Gasteiger partial charge in [-0.05, 0) is 49.0 Å². The Morgan fingerprint density at radius 2 is 1.80 bits per heavy atom. The molecule has 0 atom stereocenters. The number of nitrogens with zero attached hydrogens (tertiary/aromatic N) is 1. The van der Waals surface area contributed by atoms with Crippen LogP contribution in [0.15, 0.2) is 66.7 Å². The summed E-state index contributed by atoms with van der Waals surface area (Å²) in [6.45, 7) is -2.43. The van der Waals surface area contributed by atoms with E-state index in [2.05, 4.69) is 15.4 Å². The maximum Gasteiger partial charge on any atom is 0.387 e. The zero-order valence-electron chi connectivity index (χ0n) is 18.8. The fourth-order valence-electron chi connectivity index (χ4n) is 3.59. The number of fused-ring (bicyclic) bond motifs is 1. The van der Waals surface area contributed by atoms with Gasteiger partial charge in [-0.2, -0.15) is 8.78 Å². The van der Waals surface area contributed by atoms with Gasteiger partial charge in [-0.3, -0.25) is 14.5 Å². The van der Waals surface area contributed by atoms with Gasteiger partial charge in [0.25, 0.3) is 5.91 Å². The number of hydrogen-bond acceptors (Lipinski definition) is 6. The predicted octanol–water partition coefficient (Wildman–Crippen LogP) is 4.34. The van der Waals surface area contributed by atoms with Crippen LogP contribution in [0.3, 0.4) is 0 Å². The lowest BCUT2D eigenvalue weighted by atomic mass is 10.1. The van der Waals surface area contributed by atoms with E-state index in [9.17, 15) is 18.4 Å². The number of anilines is 2. The van der Waals surface area contributed by atoms with Gasteiger partial charge >= 0.3 is 6.61 Å². The third-order valence-corrected chi connectivity index (χ3v) is 5.07. The molecule has 0 aliphatic carbocycles. The summed E-state index contributed by atoms with van der Waals surface area (Å²) < 4.78 is 39.9. The molecule has 0 aromatic heterocycles. The molecule has 35 heavy (non-hydrogen) atoms. The lowest BCUT2D eigenvalue weighted by Crippen LogP contribution is -2.30. The third-order valence-electron chi connectivity index (χ3n) is 5.07. The summed E-state index contributed by atoms with van der Waals surface area (Å²) in [5.74, 6) is 0.462. The monoisotopic (exact) mass is 483 g/mol. The number of para-hydroxylation sites is 1. The van der Waals surface area contributed by atoms with Crippen molar-refractivity contribution in [2.45, 2.75) is 13.2 Å². The van der Waals surface area contributed by atoms with Crippen LogP contribution in [0, 0.1) is 0 Å². The first-order chi connectivity index (χ1) is 16.9. The molecule has 182 valence electrons. The number of halogens is 2. The third kappa shape index (κ3) is 6.45. The van der Waals surface area contributed by atoms with Crippen LogP contribution in [0.1, 0.15) is 15.9 Å². The lowest BCUT2D eigenvalue weighted by molar-refractivity contribution is -0.117. The minimum Gasteiger partial charge on any atom is -0.454 e. The number of rotatable bonds is 9. The van der Waals surface area contributed by atoms with Gasteiger partial charge in [-0.1, -0.05) is 24.3 Å². The second-order valence-corrected chi connectivity index (χ2v) is 7.81. The molecule has 4 rings (SSSR count). The van der Waals surface area contributed by atoms with Gasteiger partial charge in [0.15, 0.2) is 11.5 Å². The van der Waals surface area contributed by atoms with Crippen molar-refractivity contribution >= 4 is 23.2 Å². The van der Waals surface area contributed by atoms with Gasteiger partial charge in [0.05, 0.1) is 17.8 Å². The van der Waals surface area contributed by atoms with Crippen molar-refractivity contribution in [1.29, 1.82) is 0 Å². The first-order valence-corrected chi connectivity index (χ1v) is 10.7. The Balaban J connectivity index is 1.36. The maximum absolute atomic E-state index is 12.9. The van der Waals surface area contributed by atoms with Crippen LogP contribution >= 0.6 is 0 Å². The van der Waals surface area contributed by atoms with E-state index >= 15 is 0 Å². The number of carbonyl (C=O) groups is 2. The quantitative estimate of drug-likeness (QED) is 0.471. The molecule has 0 radical (unpaired) electrons. The molecule has 1 aliphatic heterocycles. The highest BCUT2D eigenvalue weighted by Gasteiger charge is 2.17. The molecule has 10 heteroatoms. The highest BCUT2D eigenvalue weighted by molar-refractivity contribution is 6.10. The SMILES string of the molecule is CN(CC(=O)Nc1ccccc1C(=O)Nc1ccc2c(c1)OCO2)Cc1cccc(OC(F)F)c1. The van der Waals surface area contributed by atoms with Gasteiger partial charge in [0.2, 0.25) is 12.7 Å². The highest BCUT2D eigenvalue weighted by Crippen LogP contribution is 2.34. The second kappa shape index (κ2) is 10.8. The van der Waals surface area contributed by atoms with Gasteiger partial charge in [-0.25, -0.2) is 0 Å². The first kappa shape index (κ1) is 24.0. The fourth-order valence-corrected chi connectivity index (χ4v) is 3.59. The number of likely N-dealkylation sites (N-methyl/N-ethyl adjacent to an activating group) is 1. The van der Waals surface area contributed by atoms with E-state index in [0.717, 1.165) is 0 Å². The van der Waals surface area contributed by atoms with E-state index in [1.54, 1.807) is 66.5 Å². The van der Waals surface area contributed by atoms with Crippen LogP contribution in [0.2, 0.25) is 0 Å². The highest BCUT2D eigenvalue weighted by atomic mass is 19.3. The zero-order chi connectivity index (χ0) is 24.8. The van der Waals surface area contributed by atoms with Crippen LogP contribution in [0.5, 0.6) is 17.2 Å². The van der Waals surface area contributed by atoms with Gasteiger partial charge in [0, 0.05) is 18.3 Å². The molecule has 0 fully saturated rings. The van der Waals surface area contributed by atoms with Crippen LogP contribution in [-0.2, 0) is 11.3 Å². The molecular weight excluding hydrogens is 460 g/mol. The average molecular weight is 483 g/mol. The van der Waals surface area contributed by atoms with Crippen LogP contribution in [0.4, 0.5) is 20.2 Å². The topological polar surface area (TPSA) is 89.1 Å². The molecule has 3 aromatic carbocycles. The molecule has 0 bridgehead atoms. The standard InChI is InChI=1S/C25H23F2N3O5/c1-30(13-16-5-4-6-18(11-16)35-25(26)27)14-23(31)29-20-8-3-2-7-19(20)24(32)28-17-9-10-21-22(12-17)34-15-33-21/h2-12,25H,13-15H2,1H3,(H,28,32)(H,29,31). The Morgan fingerprint density at radius 1 is 1.00 bits per heavy atom. The number of benzene rings is 3. The zero-order valence-corrected chi connectivity index (χ0v) is 18.8. The molecule has 2 N–H and O–H groups in total. The summed E-state index contributed by atoms with van der Waals surface area (Å²) in [6.07, 6.45) is 0. The van der Waals surface area contributed by atoms with Crippen molar-refractivity contribution in [2.75, 3.05) is 31.0 Å². The minimum absolute atomic E-state index is 0.0120. The van der Waals surface area contributed by atoms with Gasteiger partial charge < -0.3 is 24.8 Å². The molecule has 1 heterocycles. The van der Waals surface area contributed by atoms with Crippen molar-refractivity contribution in [2.24, 2.45) is 0 Å². The summed E-state index contributed by atoms with van der Waals surface area (Å²) >= 11 is 0. The molecule has 0 unspecified atom stereocenters. The number of alkyl halides is 2. The predicted molar refractivity (Wildman–Crippen MR) is 125 cm³/mol. The molecule has 0 saturated heterocycles. The second-order valence-electron chi connectivity index (χ2n) is 7.81. The molecule has 0 spiro atoms. The van der Waals surface area contributed by atoms with E-state index in [1.165, 1.54) is 12.1 Å². The number of ether oxygens (including phenoxy) is 3. The van der Waals surface area contributed by atoms with Crippen LogP contribution in [0.25, 0.3) is 0 Å². The summed E-state index contributed by atoms with van der Waals surface area (Å²) in [5.41, 5.74) is 1.88. The number of hydrogen-bond donors (Lipinski definition) is 2. The summed E-state index contributed by atoms with van der Waals surface area (Å²) in [6, 6.07) is 18.0. The molecule has 2 amide bonds. The van der Waals surface area contributed by atoms with Crippen molar-refractivity contribution in [3.8, 4) is 17.2 Å².